The van der Waals surface area contributed by atoms with Gasteiger partial charge in [0.1, 0.15) is 12.3 Å². The van der Waals surface area contributed by atoms with Crippen molar-refractivity contribution in [1.82, 2.24) is 0 Å². The van der Waals surface area contributed by atoms with Crippen molar-refractivity contribution in [2.24, 2.45) is 4.99 Å². The molecule has 0 spiro atoms. The Labute approximate surface area is 130 Å². The normalized spacial score (nSPS) is 11.4. The lowest BCUT2D eigenvalue weighted by Gasteiger charge is -2.07. The van der Waals surface area contributed by atoms with E-state index >= 15 is 0 Å². The number of benzene rings is 2. The summed E-state index contributed by atoms with van der Waals surface area (Å²) in [6, 6.07) is 13.4. The van der Waals surface area contributed by atoms with Crippen LogP contribution in [0.15, 0.2) is 47.5 Å². The van der Waals surface area contributed by atoms with Gasteiger partial charge in [0.25, 0.3) is 0 Å². The average Bonchev–Trinajstić information content (AvgIpc) is 2.44. The first-order valence-electron chi connectivity index (χ1n) is 6.90. The first-order valence-corrected chi connectivity index (χ1v) is 7.27. The second-order valence-electron chi connectivity index (χ2n) is 5.37. The molecule has 0 bridgehead atoms. The highest BCUT2D eigenvalue weighted by Crippen LogP contribution is 2.19. The molecular weight excluding hydrogens is 284 g/mol. The Morgan fingerprint density at radius 3 is 2.43 bits per heavy atom. The van der Waals surface area contributed by atoms with Gasteiger partial charge < -0.3 is 10.0 Å². The highest BCUT2D eigenvalue weighted by molar-refractivity contribution is 6.30. The topological polar surface area (TPSA) is 37.0 Å². The minimum Gasteiger partial charge on any atom is -0.507 e. The van der Waals surface area contributed by atoms with Crippen LogP contribution >= 0.6 is 11.6 Å². The fourth-order valence-electron chi connectivity index (χ4n) is 2.05. The molecule has 3 nitrogen and oxygen atoms in total. The molecule has 2 aromatic carbocycles. The van der Waals surface area contributed by atoms with E-state index < -0.39 is 0 Å². The summed E-state index contributed by atoms with van der Waals surface area (Å²) in [5, 5.41) is 10.3. The van der Waals surface area contributed by atoms with Crippen LogP contribution < -0.4 is 4.90 Å². The maximum Gasteiger partial charge on any atom is 0.124 e. The van der Waals surface area contributed by atoms with Crippen molar-refractivity contribution in [2.45, 2.75) is 13.1 Å². The molecule has 0 aliphatic heterocycles. The molecular formula is C17H20ClN2O+. The summed E-state index contributed by atoms with van der Waals surface area (Å²) in [6.07, 6.45) is 1.65. The number of phenolic OH excluding ortho intramolecular Hbond substituents is 1. The molecule has 0 fully saturated rings. The Hall–Kier alpha value is -1.84. The van der Waals surface area contributed by atoms with Gasteiger partial charge in [-0.15, -0.1) is 0 Å². The summed E-state index contributed by atoms with van der Waals surface area (Å²) < 4.78 is 0. The number of hydrogen-bond acceptors (Lipinski definition) is 2. The van der Waals surface area contributed by atoms with Gasteiger partial charge in [0.15, 0.2) is 0 Å². The van der Waals surface area contributed by atoms with Crippen molar-refractivity contribution in [3.05, 3.63) is 64.2 Å². The van der Waals surface area contributed by atoms with Crippen molar-refractivity contribution in [2.75, 3.05) is 14.1 Å². The molecule has 4 heteroatoms. The van der Waals surface area contributed by atoms with E-state index in [1.807, 2.05) is 0 Å². The highest BCUT2D eigenvalue weighted by Gasteiger charge is 2.00. The molecule has 0 saturated carbocycles. The molecule has 0 saturated heterocycles. The Morgan fingerprint density at radius 1 is 1.10 bits per heavy atom. The van der Waals surface area contributed by atoms with Crippen molar-refractivity contribution < 1.29 is 10.0 Å². The number of phenols is 1. The zero-order valence-electron chi connectivity index (χ0n) is 12.3. The van der Waals surface area contributed by atoms with Crippen LogP contribution in [-0.2, 0) is 13.1 Å². The minimum atomic E-state index is 0.187. The largest absolute Gasteiger partial charge is 0.507 e. The third-order valence-electron chi connectivity index (χ3n) is 3.07. The first kappa shape index (κ1) is 15.5. The van der Waals surface area contributed by atoms with Gasteiger partial charge in [0, 0.05) is 22.4 Å². The Kier molecular flexibility index (Phi) is 5.37. The van der Waals surface area contributed by atoms with E-state index in [4.69, 9.17) is 11.6 Å². The Bertz CT molecular complexity index is 621. The first-order chi connectivity index (χ1) is 10.0. The molecule has 0 radical (unpaired) electrons. The van der Waals surface area contributed by atoms with Crippen LogP contribution in [0.4, 0.5) is 0 Å². The summed E-state index contributed by atoms with van der Waals surface area (Å²) in [6.45, 7) is 1.60. The molecule has 0 aliphatic carbocycles. The van der Waals surface area contributed by atoms with Gasteiger partial charge in [-0.2, -0.15) is 0 Å². The lowest BCUT2D eigenvalue weighted by atomic mass is 10.1. The lowest BCUT2D eigenvalue weighted by Crippen LogP contribution is -3.04. The number of aromatic hydroxyl groups is 1. The molecule has 2 N–H and O–H groups in total. The van der Waals surface area contributed by atoms with E-state index in [-0.39, 0.29) is 5.75 Å². The van der Waals surface area contributed by atoms with Gasteiger partial charge in [-0.3, -0.25) is 4.99 Å². The van der Waals surface area contributed by atoms with Gasteiger partial charge >= 0.3 is 0 Å². The predicted octanol–water partition coefficient (Wildman–Crippen LogP) is 2.31. The third kappa shape index (κ3) is 4.88. The number of nitrogens with zero attached hydrogens (tertiary/aromatic N) is 1. The summed E-state index contributed by atoms with van der Waals surface area (Å²) in [4.78, 5) is 5.76. The molecule has 110 valence electrons. The zero-order chi connectivity index (χ0) is 15.2. The molecule has 0 aromatic heterocycles. The van der Waals surface area contributed by atoms with Crippen molar-refractivity contribution in [3.8, 4) is 5.75 Å². The Morgan fingerprint density at radius 2 is 1.76 bits per heavy atom. The van der Waals surface area contributed by atoms with Gasteiger partial charge in [0.05, 0.1) is 20.6 Å². The molecule has 0 heterocycles. The van der Waals surface area contributed by atoms with Gasteiger partial charge in [0.2, 0.25) is 0 Å². The van der Waals surface area contributed by atoms with Crippen LogP contribution in [0.3, 0.4) is 0 Å². The summed E-state index contributed by atoms with van der Waals surface area (Å²) in [5.41, 5.74) is 3.09. The molecule has 0 aliphatic rings. The zero-order valence-corrected chi connectivity index (χ0v) is 13.1. The predicted molar refractivity (Wildman–Crippen MR) is 87.4 cm³/mol. The summed E-state index contributed by atoms with van der Waals surface area (Å²) >= 11 is 5.90. The number of nitrogens with one attached hydrogen (secondary N) is 1. The maximum absolute atomic E-state index is 9.70. The van der Waals surface area contributed by atoms with Crippen molar-refractivity contribution in [3.63, 3.8) is 0 Å². The van der Waals surface area contributed by atoms with Gasteiger partial charge in [-0.25, -0.2) is 0 Å². The van der Waals surface area contributed by atoms with E-state index in [2.05, 4.69) is 43.4 Å². The molecule has 2 aromatic rings. The molecule has 0 atom stereocenters. The fraction of sp³-hybridized carbons (Fsp3) is 0.235. The minimum absolute atomic E-state index is 0.187. The van der Waals surface area contributed by atoms with Gasteiger partial charge in [-0.05, 0) is 23.8 Å². The lowest BCUT2D eigenvalue weighted by molar-refractivity contribution is -0.872. The maximum atomic E-state index is 9.70. The highest BCUT2D eigenvalue weighted by atomic mass is 35.5. The van der Waals surface area contributed by atoms with Crippen molar-refractivity contribution >= 4 is 17.8 Å². The van der Waals surface area contributed by atoms with Gasteiger partial charge in [-0.1, -0.05) is 35.9 Å². The molecule has 0 amide bonds. The standard InChI is InChI=1S/C17H19ClN2O/c1-20(2)12-14-5-3-13(4-6-14)10-19-11-15-9-16(18)7-8-17(15)21/h3-9,11,21H,10,12H2,1-2H3/p+1. The van der Waals surface area contributed by atoms with E-state index in [1.165, 1.54) is 10.5 Å². The Balaban J connectivity index is 1.99. The molecule has 2 rings (SSSR count). The second-order valence-corrected chi connectivity index (χ2v) is 5.81. The van der Waals surface area contributed by atoms with Crippen LogP contribution in [-0.4, -0.2) is 25.4 Å². The van der Waals surface area contributed by atoms with E-state index in [0.717, 1.165) is 12.1 Å². The van der Waals surface area contributed by atoms with E-state index in [0.29, 0.717) is 17.1 Å². The van der Waals surface area contributed by atoms with Crippen LogP contribution in [0, 0.1) is 0 Å². The average molecular weight is 304 g/mol. The summed E-state index contributed by atoms with van der Waals surface area (Å²) in [7, 11) is 4.27. The quantitative estimate of drug-likeness (QED) is 0.817. The number of hydrogen-bond donors (Lipinski definition) is 2. The fourth-order valence-corrected chi connectivity index (χ4v) is 2.23. The SMILES string of the molecule is C[NH+](C)Cc1ccc(CN=Cc2cc(Cl)ccc2O)cc1. The number of quaternary nitrogens is 1. The van der Waals surface area contributed by atoms with Crippen molar-refractivity contribution in [1.29, 1.82) is 0 Å². The molecule has 0 unspecified atom stereocenters. The van der Waals surface area contributed by atoms with Crippen LogP contribution in [0.1, 0.15) is 16.7 Å². The smallest absolute Gasteiger partial charge is 0.124 e. The van der Waals surface area contributed by atoms with Crippen LogP contribution in [0.25, 0.3) is 0 Å². The van der Waals surface area contributed by atoms with Crippen LogP contribution in [0.5, 0.6) is 5.75 Å². The number of rotatable bonds is 5. The second kappa shape index (κ2) is 7.25. The van der Waals surface area contributed by atoms with E-state index in [1.54, 1.807) is 24.4 Å². The summed E-state index contributed by atoms with van der Waals surface area (Å²) in [5.74, 6) is 0.187. The number of halogens is 1. The van der Waals surface area contributed by atoms with Crippen LogP contribution in [0.2, 0.25) is 5.02 Å². The molecule has 21 heavy (non-hydrogen) atoms. The number of aliphatic imine (C=N–C) groups is 1. The third-order valence-corrected chi connectivity index (χ3v) is 3.31. The monoisotopic (exact) mass is 303 g/mol. The van der Waals surface area contributed by atoms with E-state index in [9.17, 15) is 5.11 Å².